The maximum absolute atomic E-state index is 13.7. The Bertz CT molecular complexity index is 961. The molecular weight excluding hydrogens is 369 g/mol. The van der Waals surface area contributed by atoms with Crippen molar-refractivity contribution in [3.05, 3.63) is 47.5 Å². The van der Waals surface area contributed by atoms with Crippen LogP contribution in [0.25, 0.3) is 0 Å². The Morgan fingerprint density at radius 3 is 2.52 bits per heavy atom. The molecule has 2 aromatic rings. The van der Waals surface area contributed by atoms with Crippen molar-refractivity contribution in [2.45, 2.75) is 31.6 Å². The third-order valence-corrected chi connectivity index (χ3v) is 6.89. The van der Waals surface area contributed by atoms with Gasteiger partial charge in [0.15, 0.2) is 0 Å². The summed E-state index contributed by atoms with van der Waals surface area (Å²) in [5.74, 6) is -0.389. The Hall–Kier alpha value is -2.19. The van der Waals surface area contributed by atoms with Crippen LogP contribution in [0.1, 0.15) is 35.8 Å². The number of amides is 1. The fraction of sp³-hybridized carbons (Fsp3) is 0.421. The fourth-order valence-corrected chi connectivity index (χ4v) is 4.68. The molecule has 1 amide bonds. The third kappa shape index (κ3) is 4.06. The Labute approximate surface area is 159 Å². The third-order valence-electron chi connectivity index (χ3n) is 5.02. The van der Waals surface area contributed by atoms with Gasteiger partial charge in [-0.1, -0.05) is 13.0 Å². The van der Waals surface area contributed by atoms with E-state index in [1.54, 1.807) is 26.1 Å². The van der Waals surface area contributed by atoms with E-state index in [1.807, 2.05) is 0 Å². The highest BCUT2D eigenvalue weighted by molar-refractivity contribution is 7.89. The molecule has 1 fully saturated rings. The number of carbonyl (C=O) groups is 1. The number of benzene rings is 1. The number of nitrogens with zero attached hydrogens (tertiary/aromatic N) is 2. The summed E-state index contributed by atoms with van der Waals surface area (Å²) >= 11 is 0. The molecule has 0 radical (unpaired) electrons. The minimum absolute atomic E-state index is 0.0970. The number of piperidine rings is 1. The minimum atomic E-state index is -3.63. The monoisotopic (exact) mass is 393 g/mol. The Morgan fingerprint density at radius 1 is 1.22 bits per heavy atom. The van der Waals surface area contributed by atoms with Crippen LogP contribution in [0.15, 0.2) is 35.4 Å². The first-order chi connectivity index (χ1) is 12.7. The van der Waals surface area contributed by atoms with Crippen LogP contribution < -0.4 is 5.32 Å². The number of nitrogens with one attached hydrogen (secondary N) is 1. The van der Waals surface area contributed by atoms with Crippen molar-refractivity contribution in [3.63, 3.8) is 0 Å². The lowest BCUT2D eigenvalue weighted by molar-refractivity contribution is 0.101. The predicted octanol–water partition coefficient (Wildman–Crippen LogP) is 3.15. The van der Waals surface area contributed by atoms with Gasteiger partial charge < -0.3 is 9.88 Å². The number of aryl methyl sites for hydroxylation is 2. The molecule has 8 heteroatoms. The number of anilines is 1. The van der Waals surface area contributed by atoms with Gasteiger partial charge >= 0.3 is 0 Å². The largest absolute Gasteiger partial charge is 0.345 e. The summed E-state index contributed by atoms with van der Waals surface area (Å²) in [5, 5.41) is 2.61. The molecule has 0 spiro atoms. The zero-order valence-electron chi connectivity index (χ0n) is 15.7. The molecule has 1 aliphatic heterocycles. The second kappa shape index (κ2) is 7.44. The summed E-state index contributed by atoms with van der Waals surface area (Å²) in [6, 6.07) is 5.78. The minimum Gasteiger partial charge on any atom is -0.345 e. The number of sulfonamides is 1. The van der Waals surface area contributed by atoms with Crippen LogP contribution in [-0.4, -0.2) is 36.3 Å². The van der Waals surface area contributed by atoms with Crippen molar-refractivity contribution in [2.75, 3.05) is 18.4 Å². The van der Waals surface area contributed by atoms with Crippen LogP contribution in [0.4, 0.5) is 10.1 Å². The lowest BCUT2D eigenvalue weighted by Crippen LogP contribution is -2.37. The van der Waals surface area contributed by atoms with Gasteiger partial charge in [0.1, 0.15) is 16.4 Å². The quantitative estimate of drug-likeness (QED) is 0.867. The van der Waals surface area contributed by atoms with Crippen LogP contribution in [-0.2, 0) is 17.1 Å². The summed E-state index contributed by atoms with van der Waals surface area (Å²) < 4.78 is 42.3. The van der Waals surface area contributed by atoms with Gasteiger partial charge in [-0.15, -0.1) is 0 Å². The number of hydrogen-bond acceptors (Lipinski definition) is 3. The van der Waals surface area contributed by atoms with Gasteiger partial charge in [0.25, 0.3) is 5.91 Å². The van der Waals surface area contributed by atoms with Gasteiger partial charge in [-0.05, 0) is 49.4 Å². The Kier molecular flexibility index (Phi) is 5.39. The second-order valence-corrected chi connectivity index (χ2v) is 9.11. The molecule has 0 unspecified atom stereocenters. The molecule has 0 saturated carbocycles. The molecule has 146 valence electrons. The van der Waals surface area contributed by atoms with E-state index in [0.717, 1.165) is 12.8 Å². The Balaban J connectivity index is 1.81. The summed E-state index contributed by atoms with van der Waals surface area (Å²) in [6.45, 7) is 4.73. The normalized spacial score (nSPS) is 16.4. The summed E-state index contributed by atoms with van der Waals surface area (Å²) in [5.41, 5.74) is 0.995. The molecule has 6 nitrogen and oxygen atoms in total. The van der Waals surface area contributed by atoms with Gasteiger partial charge in [0.2, 0.25) is 10.0 Å². The topological polar surface area (TPSA) is 71.4 Å². The van der Waals surface area contributed by atoms with Gasteiger partial charge in [0.05, 0.1) is 0 Å². The van der Waals surface area contributed by atoms with Crippen LogP contribution in [0.3, 0.4) is 0 Å². The van der Waals surface area contributed by atoms with Gasteiger partial charge in [-0.2, -0.15) is 4.31 Å². The van der Waals surface area contributed by atoms with Crippen molar-refractivity contribution in [1.82, 2.24) is 8.87 Å². The highest BCUT2D eigenvalue weighted by Gasteiger charge is 2.30. The number of aromatic nitrogens is 1. The molecule has 0 aliphatic carbocycles. The van der Waals surface area contributed by atoms with E-state index in [4.69, 9.17) is 0 Å². The van der Waals surface area contributed by atoms with E-state index in [9.17, 15) is 17.6 Å². The maximum atomic E-state index is 13.7. The molecule has 0 atom stereocenters. The fourth-order valence-electron chi connectivity index (χ4n) is 3.14. The SMILES string of the molecule is Cc1ccc(NC(=O)c2cc(S(=O)(=O)N3CCC(C)CC3)cn2C)cc1F. The Morgan fingerprint density at radius 2 is 1.89 bits per heavy atom. The van der Waals surface area contributed by atoms with Gasteiger partial charge in [0, 0.05) is 32.0 Å². The van der Waals surface area contributed by atoms with Crippen LogP contribution in [0.5, 0.6) is 0 Å². The smallest absolute Gasteiger partial charge is 0.272 e. The number of halogens is 1. The predicted molar refractivity (Wildman–Crippen MR) is 102 cm³/mol. The lowest BCUT2D eigenvalue weighted by atomic mass is 10.0. The number of rotatable bonds is 4. The first-order valence-electron chi connectivity index (χ1n) is 8.92. The zero-order valence-corrected chi connectivity index (χ0v) is 16.5. The van der Waals surface area contributed by atoms with Crippen molar-refractivity contribution in [1.29, 1.82) is 0 Å². The molecule has 2 heterocycles. The average Bonchev–Trinajstić information content (AvgIpc) is 3.01. The molecule has 0 bridgehead atoms. The number of hydrogen-bond donors (Lipinski definition) is 1. The van der Waals surface area contributed by atoms with E-state index < -0.39 is 21.7 Å². The van der Waals surface area contributed by atoms with E-state index in [-0.39, 0.29) is 10.6 Å². The summed E-state index contributed by atoms with van der Waals surface area (Å²) in [6.07, 6.45) is 3.11. The molecule has 1 N–H and O–H groups in total. The molecule has 1 aromatic carbocycles. The van der Waals surface area contributed by atoms with Crippen molar-refractivity contribution in [3.8, 4) is 0 Å². The molecule has 1 saturated heterocycles. The first-order valence-corrected chi connectivity index (χ1v) is 10.4. The van der Waals surface area contributed by atoms with E-state index >= 15 is 0 Å². The zero-order chi connectivity index (χ0) is 19.8. The highest BCUT2D eigenvalue weighted by Crippen LogP contribution is 2.25. The van der Waals surface area contributed by atoms with Gasteiger partial charge in [-0.3, -0.25) is 4.79 Å². The molecule has 1 aliphatic rings. The van der Waals surface area contributed by atoms with Crippen molar-refractivity contribution in [2.24, 2.45) is 13.0 Å². The molecule has 1 aromatic heterocycles. The highest BCUT2D eigenvalue weighted by atomic mass is 32.2. The maximum Gasteiger partial charge on any atom is 0.272 e. The van der Waals surface area contributed by atoms with Crippen LogP contribution in [0, 0.1) is 18.7 Å². The van der Waals surface area contributed by atoms with Crippen molar-refractivity contribution < 1.29 is 17.6 Å². The first kappa shape index (κ1) is 19.6. The summed E-state index contributed by atoms with van der Waals surface area (Å²) in [4.78, 5) is 12.6. The molecule has 3 rings (SSSR count). The van der Waals surface area contributed by atoms with Crippen LogP contribution >= 0.6 is 0 Å². The van der Waals surface area contributed by atoms with Crippen molar-refractivity contribution >= 4 is 21.6 Å². The van der Waals surface area contributed by atoms with E-state index in [2.05, 4.69) is 12.2 Å². The van der Waals surface area contributed by atoms with E-state index in [0.29, 0.717) is 30.3 Å². The molecular formula is C19H24FN3O3S. The van der Waals surface area contributed by atoms with E-state index in [1.165, 1.54) is 27.2 Å². The second-order valence-electron chi connectivity index (χ2n) is 7.18. The summed E-state index contributed by atoms with van der Waals surface area (Å²) in [7, 11) is -2.02. The van der Waals surface area contributed by atoms with Crippen LogP contribution in [0.2, 0.25) is 0 Å². The molecule has 27 heavy (non-hydrogen) atoms. The number of carbonyl (C=O) groups excluding carboxylic acids is 1. The lowest BCUT2D eigenvalue weighted by Gasteiger charge is -2.29. The average molecular weight is 393 g/mol. The standard InChI is InChI=1S/C19H24FN3O3S/c1-13-6-8-23(9-7-13)27(25,26)16-11-18(22(3)12-16)19(24)21-15-5-4-14(2)17(20)10-15/h4-5,10-13H,6-9H2,1-3H3,(H,21,24). The van der Waals surface area contributed by atoms with Gasteiger partial charge in [-0.25, -0.2) is 12.8 Å².